The van der Waals surface area contributed by atoms with E-state index in [9.17, 15) is 10.4 Å². The molecule has 5 rings (SSSR count). The summed E-state index contributed by atoms with van der Waals surface area (Å²) >= 11 is 0. The number of rotatable bonds is 4. The molecule has 0 radical (unpaired) electrons. The molecule has 7 heteroatoms. The van der Waals surface area contributed by atoms with Crippen molar-refractivity contribution < 1.29 is 9.50 Å². The number of halogens is 1. The molecule has 6 nitrogen and oxygen atoms in total. The van der Waals surface area contributed by atoms with Gasteiger partial charge in [0.1, 0.15) is 11.9 Å². The quantitative estimate of drug-likeness (QED) is 0.494. The van der Waals surface area contributed by atoms with Gasteiger partial charge in [0.25, 0.3) is 0 Å². The first kappa shape index (κ1) is 22.2. The fourth-order valence-corrected chi connectivity index (χ4v) is 5.12. The number of aromatic nitrogens is 3. The molecule has 34 heavy (non-hydrogen) atoms. The van der Waals surface area contributed by atoms with Crippen LogP contribution in [0.3, 0.4) is 0 Å². The minimum Gasteiger partial charge on any atom is -0.388 e. The van der Waals surface area contributed by atoms with Gasteiger partial charge < -0.3 is 5.11 Å². The van der Waals surface area contributed by atoms with Crippen LogP contribution in [0.25, 0.3) is 22.0 Å². The Hall–Kier alpha value is -3.60. The minimum absolute atomic E-state index is 0.285. The number of likely N-dealkylation sites (tertiary alicyclic amines) is 1. The molecule has 0 amide bonds. The van der Waals surface area contributed by atoms with Gasteiger partial charge in [0.05, 0.1) is 11.1 Å². The van der Waals surface area contributed by atoms with Gasteiger partial charge in [-0.05, 0) is 54.8 Å². The number of benzene rings is 2. The summed E-state index contributed by atoms with van der Waals surface area (Å²) in [4.78, 5) is 6.43. The van der Waals surface area contributed by atoms with Gasteiger partial charge in [-0.2, -0.15) is 10.4 Å². The molecule has 0 aliphatic carbocycles. The van der Waals surface area contributed by atoms with Gasteiger partial charge in [0.2, 0.25) is 0 Å². The molecule has 1 N–H and O–H groups in total. The maximum atomic E-state index is 15.3. The van der Waals surface area contributed by atoms with Crippen molar-refractivity contribution in [2.45, 2.75) is 31.4 Å². The number of aliphatic hydroxyl groups is 1. The molecule has 2 aromatic heterocycles. The average Bonchev–Trinajstić information content (AvgIpc) is 3.21. The lowest BCUT2D eigenvalue weighted by Crippen LogP contribution is -2.50. The molecular weight excluding hydrogens is 429 g/mol. The van der Waals surface area contributed by atoms with E-state index < -0.39 is 5.60 Å². The van der Waals surface area contributed by atoms with E-state index >= 15 is 4.39 Å². The molecule has 4 aromatic rings. The molecule has 1 aliphatic heterocycles. The van der Waals surface area contributed by atoms with E-state index in [-0.39, 0.29) is 11.7 Å². The van der Waals surface area contributed by atoms with Crippen molar-refractivity contribution in [1.82, 2.24) is 19.7 Å². The largest absolute Gasteiger partial charge is 0.388 e. The third-order valence-corrected chi connectivity index (χ3v) is 6.76. The maximum absolute atomic E-state index is 15.3. The van der Waals surface area contributed by atoms with Crippen LogP contribution in [0, 0.1) is 17.1 Å². The number of nitriles is 1. The van der Waals surface area contributed by atoms with Crippen LogP contribution in [-0.4, -0.2) is 43.5 Å². The van der Waals surface area contributed by atoms with Crippen molar-refractivity contribution >= 4 is 10.9 Å². The van der Waals surface area contributed by atoms with E-state index in [0.717, 1.165) is 23.2 Å². The molecule has 2 atom stereocenters. The summed E-state index contributed by atoms with van der Waals surface area (Å²) in [5.74, 6) is -0.572. The second-order valence-corrected chi connectivity index (χ2v) is 9.32. The second kappa shape index (κ2) is 8.64. The predicted octanol–water partition coefficient (Wildman–Crippen LogP) is 4.39. The van der Waals surface area contributed by atoms with E-state index in [1.165, 1.54) is 0 Å². The summed E-state index contributed by atoms with van der Waals surface area (Å²) in [6, 6.07) is 17.3. The van der Waals surface area contributed by atoms with Crippen LogP contribution >= 0.6 is 0 Å². The van der Waals surface area contributed by atoms with E-state index in [1.54, 1.807) is 43.0 Å². The van der Waals surface area contributed by atoms with Crippen LogP contribution in [0.5, 0.6) is 0 Å². The normalized spacial score (nSPS) is 21.0. The fraction of sp³-hybridized carbons (Fsp3) is 0.296. The summed E-state index contributed by atoms with van der Waals surface area (Å²) in [6.45, 7) is 3.69. The lowest BCUT2D eigenvalue weighted by atomic mass is 9.77. The van der Waals surface area contributed by atoms with E-state index in [4.69, 9.17) is 0 Å². The number of hydrogen-bond donors (Lipinski definition) is 1. The monoisotopic (exact) mass is 455 g/mol. The van der Waals surface area contributed by atoms with Crippen LogP contribution in [0.4, 0.5) is 4.39 Å². The zero-order valence-corrected chi connectivity index (χ0v) is 19.2. The number of pyridine rings is 1. The smallest absolute Gasteiger partial charge is 0.170 e. The van der Waals surface area contributed by atoms with Crippen molar-refractivity contribution in [3.8, 4) is 17.2 Å². The van der Waals surface area contributed by atoms with E-state index in [0.29, 0.717) is 41.7 Å². The second-order valence-electron chi connectivity index (χ2n) is 9.32. The van der Waals surface area contributed by atoms with Crippen LogP contribution < -0.4 is 0 Å². The van der Waals surface area contributed by atoms with E-state index in [1.807, 2.05) is 36.5 Å². The standard InChI is InChI=1S/C27H26FN5O/c1-27(34)17-33(13-11-23(27)20-9-10-24-21(26(20)28)4-3-12-30-24)15-18-5-7-19(8-6-18)22-16-32(2)31-25(22)14-29/h3-10,12,16,23,34H,11,13,15,17H2,1-2H3. The summed E-state index contributed by atoms with van der Waals surface area (Å²) in [5, 5.41) is 25.3. The van der Waals surface area contributed by atoms with Crippen molar-refractivity contribution in [3.05, 3.63) is 83.6 Å². The molecule has 2 aromatic carbocycles. The lowest BCUT2D eigenvalue weighted by molar-refractivity contribution is -0.0379. The Kier molecular flexibility index (Phi) is 5.64. The summed E-state index contributed by atoms with van der Waals surface area (Å²) in [5.41, 5.74) is 3.39. The highest BCUT2D eigenvalue weighted by Crippen LogP contribution is 2.39. The Morgan fingerprint density at radius 2 is 2.00 bits per heavy atom. The molecule has 0 saturated carbocycles. The fourth-order valence-electron chi connectivity index (χ4n) is 5.12. The Morgan fingerprint density at radius 3 is 2.74 bits per heavy atom. The maximum Gasteiger partial charge on any atom is 0.170 e. The molecule has 2 unspecified atom stereocenters. The van der Waals surface area contributed by atoms with Gasteiger partial charge in [-0.1, -0.05) is 30.3 Å². The summed E-state index contributed by atoms with van der Waals surface area (Å²) in [7, 11) is 1.80. The van der Waals surface area contributed by atoms with Crippen molar-refractivity contribution in [3.63, 3.8) is 0 Å². The highest BCUT2D eigenvalue weighted by molar-refractivity contribution is 5.80. The van der Waals surface area contributed by atoms with Crippen LogP contribution in [0.2, 0.25) is 0 Å². The Labute approximate surface area is 197 Å². The molecule has 1 saturated heterocycles. The number of piperidine rings is 1. The van der Waals surface area contributed by atoms with Crippen LogP contribution in [-0.2, 0) is 13.6 Å². The molecular formula is C27H26FN5O. The Bertz CT molecular complexity index is 1390. The van der Waals surface area contributed by atoms with E-state index in [2.05, 4.69) is 21.1 Å². The van der Waals surface area contributed by atoms with Crippen molar-refractivity contribution in [1.29, 1.82) is 5.26 Å². The zero-order valence-electron chi connectivity index (χ0n) is 19.2. The highest BCUT2D eigenvalue weighted by Gasteiger charge is 2.40. The summed E-state index contributed by atoms with van der Waals surface area (Å²) in [6.07, 6.45) is 4.16. The zero-order chi connectivity index (χ0) is 23.9. The third-order valence-electron chi connectivity index (χ3n) is 6.76. The van der Waals surface area contributed by atoms with Crippen molar-refractivity contribution in [2.75, 3.05) is 13.1 Å². The molecule has 3 heterocycles. The number of hydrogen-bond acceptors (Lipinski definition) is 5. The SMILES string of the molecule is Cn1cc(-c2ccc(CN3CCC(c4ccc5ncccc5c4F)C(C)(O)C3)cc2)c(C#N)n1. The predicted molar refractivity (Wildman–Crippen MR) is 128 cm³/mol. The van der Waals surface area contributed by atoms with Gasteiger partial charge in [-0.15, -0.1) is 0 Å². The molecule has 172 valence electrons. The highest BCUT2D eigenvalue weighted by atomic mass is 19.1. The first-order chi connectivity index (χ1) is 16.4. The van der Waals surface area contributed by atoms with Gasteiger partial charge in [0.15, 0.2) is 5.69 Å². The molecule has 0 bridgehead atoms. The van der Waals surface area contributed by atoms with Gasteiger partial charge in [0, 0.05) is 49.4 Å². The Balaban J connectivity index is 1.31. The topological polar surface area (TPSA) is 78.0 Å². The van der Waals surface area contributed by atoms with Gasteiger partial charge in [-0.3, -0.25) is 14.6 Å². The number of aryl methyl sites for hydroxylation is 1. The number of fused-ring (bicyclic) bond motifs is 1. The Morgan fingerprint density at radius 1 is 1.21 bits per heavy atom. The first-order valence-electron chi connectivity index (χ1n) is 11.4. The first-order valence-corrected chi connectivity index (χ1v) is 11.4. The molecule has 1 aliphatic rings. The third kappa shape index (κ3) is 4.07. The van der Waals surface area contributed by atoms with Gasteiger partial charge >= 0.3 is 0 Å². The number of nitrogens with zero attached hydrogens (tertiary/aromatic N) is 5. The molecule has 0 spiro atoms. The average molecular weight is 456 g/mol. The van der Waals surface area contributed by atoms with Crippen LogP contribution in [0.15, 0.2) is 60.9 Å². The minimum atomic E-state index is -1.06. The van der Waals surface area contributed by atoms with Crippen LogP contribution in [0.1, 0.15) is 36.1 Å². The van der Waals surface area contributed by atoms with Gasteiger partial charge in [-0.25, -0.2) is 4.39 Å². The summed E-state index contributed by atoms with van der Waals surface area (Å²) < 4.78 is 16.9. The van der Waals surface area contributed by atoms with Crippen molar-refractivity contribution in [2.24, 2.45) is 7.05 Å². The number of β-amino-alcohol motifs (C(OH)–C–C–N with tert-alkyl or cyclic N) is 1. The lowest BCUT2D eigenvalue weighted by Gasteiger charge is -2.43. The molecule has 1 fully saturated rings.